The molecule has 0 saturated heterocycles. The highest BCUT2D eigenvalue weighted by Crippen LogP contribution is 2.06. The molecule has 0 atom stereocenters. The van der Waals surface area contributed by atoms with Crippen LogP contribution in [0.4, 0.5) is 0 Å². The average Bonchev–Trinajstić information content (AvgIpc) is 2.47. The number of carbonyl (C=O) groups excluding carboxylic acids is 1. The van der Waals surface area contributed by atoms with Gasteiger partial charge in [-0.25, -0.2) is 0 Å². The second-order valence-electron chi connectivity index (χ2n) is 4.76. The Bertz CT molecular complexity index is 507. The lowest BCUT2D eigenvalue weighted by atomic mass is 10.1. The lowest BCUT2D eigenvalue weighted by molar-refractivity contribution is 0.0968. The van der Waals surface area contributed by atoms with E-state index in [2.05, 4.69) is 17.0 Å². The fraction of sp³-hybridized carbons (Fsp3) is 0.235. The molecule has 19 heavy (non-hydrogen) atoms. The first-order valence-corrected chi connectivity index (χ1v) is 6.56. The standard InChI is InChI=1S/C17H19NO/c1-18(14-15-8-4-2-5-9-15)13-12-17(19)16-10-6-3-7-11-16/h2-11H,12-14H2,1H3. The molecule has 0 amide bonds. The summed E-state index contributed by atoms with van der Waals surface area (Å²) in [5, 5.41) is 0. The molecule has 2 aromatic carbocycles. The van der Waals surface area contributed by atoms with Crippen molar-refractivity contribution in [3.8, 4) is 0 Å². The molecule has 0 aliphatic heterocycles. The van der Waals surface area contributed by atoms with Crippen LogP contribution in [0.25, 0.3) is 0 Å². The maximum atomic E-state index is 12.0. The van der Waals surface area contributed by atoms with E-state index in [0.29, 0.717) is 6.42 Å². The van der Waals surface area contributed by atoms with E-state index >= 15 is 0 Å². The Kier molecular flexibility index (Phi) is 4.87. The van der Waals surface area contributed by atoms with E-state index in [0.717, 1.165) is 18.7 Å². The number of benzene rings is 2. The zero-order valence-corrected chi connectivity index (χ0v) is 11.3. The van der Waals surface area contributed by atoms with Gasteiger partial charge in [-0.1, -0.05) is 60.7 Å². The summed E-state index contributed by atoms with van der Waals surface area (Å²) in [6, 6.07) is 19.8. The van der Waals surface area contributed by atoms with Crippen molar-refractivity contribution in [3.05, 3.63) is 71.8 Å². The third-order valence-corrected chi connectivity index (χ3v) is 3.11. The van der Waals surface area contributed by atoms with Crippen LogP contribution in [0, 0.1) is 0 Å². The van der Waals surface area contributed by atoms with E-state index in [9.17, 15) is 4.79 Å². The van der Waals surface area contributed by atoms with Crippen molar-refractivity contribution in [2.24, 2.45) is 0 Å². The lowest BCUT2D eigenvalue weighted by Crippen LogP contribution is -2.21. The van der Waals surface area contributed by atoms with E-state index in [-0.39, 0.29) is 5.78 Å². The zero-order chi connectivity index (χ0) is 13.5. The average molecular weight is 253 g/mol. The molecule has 0 saturated carbocycles. The van der Waals surface area contributed by atoms with Crippen molar-refractivity contribution < 1.29 is 4.79 Å². The highest BCUT2D eigenvalue weighted by Gasteiger charge is 2.07. The van der Waals surface area contributed by atoms with Crippen LogP contribution in [0.15, 0.2) is 60.7 Å². The molecular formula is C17H19NO. The van der Waals surface area contributed by atoms with Crippen LogP contribution in [0.3, 0.4) is 0 Å². The van der Waals surface area contributed by atoms with Gasteiger partial charge in [-0.15, -0.1) is 0 Å². The summed E-state index contributed by atoms with van der Waals surface area (Å²) < 4.78 is 0. The number of hydrogen-bond donors (Lipinski definition) is 0. The molecule has 2 nitrogen and oxygen atoms in total. The van der Waals surface area contributed by atoms with Gasteiger partial charge in [0.15, 0.2) is 5.78 Å². The molecule has 2 rings (SSSR count). The Hall–Kier alpha value is -1.93. The van der Waals surface area contributed by atoms with Crippen LogP contribution in [0.2, 0.25) is 0 Å². The molecule has 2 aromatic rings. The highest BCUT2D eigenvalue weighted by atomic mass is 16.1. The van der Waals surface area contributed by atoms with Gasteiger partial charge >= 0.3 is 0 Å². The molecule has 98 valence electrons. The molecule has 0 unspecified atom stereocenters. The molecule has 0 aliphatic carbocycles. The number of ketones is 1. The topological polar surface area (TPSA) is 20.3 Å². The number of nitrogens with zero attached hydrogens (tertiary/aromatic N) is 1. The van der Waals surface area contributed by atoms with Crippen LogP contribution >= 0.6 is 0 Å². The van der Waals surface area contributed by atoms with Gasteiger partial charge in [0.05, 0.1) is 0 Å². The second kappa shape index (κ2) is 6.86. The third kappa shape index (κ3) is 4.34. The predicted molar refractivity (Wildman–Crippen MR) is 78.2 cm³/mol. The van der Waals surface area contributed by atoms with Crippen molar-refractivity contribution in [3.63, 3.8) is 0 Å². The molecular weight excluding hydrogens is 234 g/mol. The zero-order valence-electron chi connectivity index (χ0n) is 11.3. The lowest BCUT2D eigenvalue weighted by Gasteiger charge is -2.16. The van der Waals surface area contributed by atoms with Gasteiger partial charge in [0.2, 0.25) is 0 Å². The summed E-state index contributed by atoms with van der Waals surface area (Å²) in [5.74, 6) is 0.209. The number of hydrogen-bond acceptors (Lipinski definition) is 2. The van der Waals surface area contributed by atoms with E-state index in [4.69, 9.17) is 0 Å². The molecule has 0 N–H and O–H groups in total. The van der Waals surface area contributed by atoms with Crippen molar-refractivity contribution >= 4 is 5.78 Å². The number of rotatable bonds is 6. The minimum atomic E-state index is 0.209. The Morgan fingerprint density at radius 2 is 1.53 bits per heavy atom. The normalized spacial score (nSPS) is 10.6. The largest absolute Gasteiger partial charge is 0.302 e. The van der Waals surface area contributed by atoms with E-state index < -0.39 is 0 Å². The number of carbonyl (C=O) groups is 1. The maximum Gasteiger partial charge on any atom is 0.164 e. The Morgan fingerprint density at radius 3 is 2.16 bits per heavy atom. The summed E-state index contributed by atoms with van der Waals surface area (Å²) >= 11 is 0. The van der Waals surface area contributed by atoms with E-state index in [1.165, 1.54) is 5.56 Å². The predicted octanol–water partition coefficient (Wildman–Crippen LogP) is 3.39. The van der Waals surface area contributed by atoms with Crippen LogP contribution in [-0.2, 0) is 6.54 Å². The molecule has 0 aromatic heterocycles. The first-order valence-electron chi connectivity index (χ1n) is 6.56. The summed E-state index contributed by atoms with van der Waals surface area (Å²) in [6.45, 7) is 1.66. The first-order chi connectivity index (χ1) is 9.25. The Labute approximate surface area is 114 Å². The maximum absolute atomic E-state index is 12.0. The van der Waals surface area contributed by atoms with E-state index in [1.807, 2.05) is 55.6 Å². The molecule has 0 radical (unpaired) electrons. The van der Waals surface area contributed by atoms with Gasteiger partial charge in [-0.2, -0.15) is 0 Å². The SMILES string of the molecule is CN(CCC(=O)c1ccccc1)Cc1ccccc1. The molecule has 0 aliphatic rings. The van der Waals surface area contributed by atoms with Crippen molar-refractivity contribution in [2.45, 2.75) is 13.0 Å². The quantitative estimate of drug-likeness (QED) is 0.735. The van der Waals surface area contributed by atoms with Crippen molar-refractivity contribution in [2.75, 3.05) is 13.6 Å². The van der Waals surface area contributed by atoms with Crippen LogP contribution in [0.5, 0.6) is 0 Å². The van der Waals surface area contributed by atoms with Crippen molar-refractivity contribution in [1.82, 2.24) is 4.90 Å². The van der Waals surface area contributed by atoms with Gasteiger partial charge in [-0.3, -0.25) is 4.79 Å². The first kappa shape index (κ1) is 13.5. The second-order valence-corrected chi connectivity index (χ2v) is 4.76. The third-order valence-electron chi connectivity index (χ3n) is 3.11. The van der Waals surface area contributed by atoms with Crippen LogP contribution in [-0.4, -0.2) is 24.3 Å². The fourth-order valence-electron chi connectivity index (χ4n) is 2.03. The molecule has 0 fully saturated rings. The summed E-state index contributed by atoms with van der Waals surface area (Å²) in [5.41, 5.74) is 2.08. The summed E-state index contributed by atoms with van der Waals surface area (Å²) in [6.07, 6.45) is 0.563. The fourth-order valence-corrected chi connectivity index (χ4v) is 2.03. The minimum Gasteiger partial charge on any atom is -0.302 e. The Balaban J connectivity index is 1.81. The molecule has 0 heterocycles. The smallest absolute Gasteiger partial charge is 0.164 e. The van der Waals surface area contributed by atoms with Crippen LogP contribution in [0.1, 0.15) is 22.3 Å². The van der Waals surface area contributed by atoms with Gasteiger partial charge in [0, 0.05) is 25.1 Å². The van der Waals surface area contributed by atoms with Crippen LogP contribution < -0.4 is 0 Å². The molecule has 0 bridgehead atoms. The van der Waals surface area contributed by atoms with Gasteiger partial charge in [0.1, 0.15) is 0 Å². The highest BCUT2D eigenvalue weighted by molar-refractivity contribution is 5.96. The molecule has 2 heteroatoms. The Morgan fingerprint density at radius 1 is 0.947 bits per heavy atom. The minimum absolute atomic E-state index is 0.209. The monoisotopic (exact) mass is 253 g/mol. The van der Waals surface area contributed by atoms with Gasteiger partial charge in [0.25, 0.3) is 0 Å². The van der Waals surface area contributed by atoms with E-state index in [1.54, 1.807) is 0 Å². The number of Topliss-reactive ketones (excluding diaryl/α,β-unsaturated/α-hetero) is 1. The van der Waals surface area contributed by atoms with Gasteiger partial charge < -0.3 is 4.90 Å². The van der Waals surface area contributed by atoms with Gasteiger partial charge in [-0.05, 0) is 12.6 Å². The summed E-state index contributed by atoms with van der Waals surface area (Å²) in [4.78, 5) is 14.2. The van der Waals surface area contributed by atoms with Crippen molar-refractivity contribution in [1.29, 1.82) is 0 Å². The molecule has 0 spiro atoms. The summed E-state index contributed by atoms with van der Waals surface area (Å²) in [7, 11) is 2.05.